The lowest BCUT2D eigenvalue weighted by Crippen LogP contribution is -2.22. The van der Waals surface area contributed by atoms with Gasteiger partial charge in [-0.05, 0) is 50.2 Å². The Morgan fingerprint density at radius 2 is 1.80 bits per heavy atom. The fourth-order valence-electron chi connectivity index (χ4n) is 2.80. The number of hydrogen-bond donors (Lipinski definition) is 2. The van der Waals surface area contributed by atoms with Gasteiger partial charge in [0.1, 0.15) is 11.5 Å². The van der Waals surface area contributed by atoms with Gasteiger partial charge in [-0.15, -0.1) is 0 Å². The zero-order valence-corrected chi connectivity index (χ0v) is 17.0. The molecule has 3 rings (SSSR count). The second-order valence-corrected chi connectivity index (χ2v) is 8.24. The normalized spacial score (nSPS) is 11.1. The van der Waals surface area contributed by atoms with Gasteiger partial charge in [-0.25, -0.2) is 8.42 Å². The molecule has 0 atom stereocenters. The molecule has 3 aromatic rings. The number of nitrogens with one attached hydrogen (secondary N) is 2. The molecule has 0 aliphatic heterocycles. The first-order chi connectivity index (χ1) is 14.2. The Labute approximate surface area is 172 Å². The van der Waals surface area contributed by atoms with Gasteiger partial charge in [-0.2, -0.15) is 0 Å². The van der Waals surface area contributed by atoms with E-state index in [1.54, 1.807) is 0 Å². The molecule has 0 aliphatic carbocycles. The molecule has 10 heteroatoms. The third-order valence-electron chi connectivity index (χ3n) is 4.32. The van der Waals surface area contributed by atoms with Crippen molar-refractivity contribution in [1.82, 2.24) is 5.32 Å². The minimum absolute atomic E-state index is 0.222. The second-order valence-electron chi connectivity index (χ2n) is 6.56. The molecule has 0 bridgehead atoms. The minimum Gasteiger partial charge on any atom is -0.466 e. The van der Waals surface area contributed by atoms with Crippen molar-refractivity contribution < 1.29 is 22.6 Å². The van der Waals surface area contributed by atoms with Crippen molar-refractivity contribution >= 4 is 27.3 Å². The van der Waals surface area contributed by atoms with Crippen LogP contribution in [0.1, 0.15) is 27.4 Å². The molecule has 1 amide bonds. The smallest absolute Gasteiger partial charge is 0.270 e. The number of amides is 1. The fraction of sp³-hybridized carbons (Fsp3) is 0.150. The van der Waals surface area contributed by atoms with Gasteiger partial charge in [-0.3, -0.25) is 19.6 Å². The highest BCUT2D eigenvalue weighted by atomic mass is 32.2. The number of benzene rings is 2. The Hall–Kier alpha value is -3.66. The number of rotatable bonds is 7. The van der Waals surface area contributed by atoms with Gasteiger partial charge in [0.2, 0.25) is 0 Å². The van der Waals surface area contributed by atoms with Gasteiger partial charge in [-0.1, -0.05) is 6.07 Å². The zero-order valence-electron chi connectivity index (χ0n) is 16.2. The van der Waals surface area contributed by atoms with E-state index in [1.807, 2.05) is 19.9 Å². The highest BCUT2D eigenvalue weighted by Gasteiger charge is 2.18. The lowest BCUT2D eigenvalue weighted by molar-refractivity contribution is -0.385. The molecule has 9 nitrogen and oxygen atoms in total. The van der Waals surface area contributed by atoms with Crippen LogP contribution in [0.5, 0.6) is 0 Å². The van der Waals surface area contributed by atoms with E-state index in [9.17, 15) is 23.3 Å². The molecule has 0 fully saturated rings. The van der Waals surface area contributed by atoms with Crippen LogP contribution in [0.25, 0.3) is 0 Å². The molecule has 0 spiro atoms. The first-order valence-electron chi connectivity index (χ1n) is 8.87. The maximum Gasteiger partial charge on any atom is 0.270 e. The molecule has 2 aromatic carbocycles. The Morgan fingerprint density at radius 3 is 2.40 bits per heavy atom. The average Bonchev–Trinajstić information content (AvgIpc) is 3.03. The topological polar surface area (TPSA) is 132 Å². The Morgan fingerprint density at radius 1 is 1.10 bits per heavy atom. The summed E-state index contributed by atoms with van der Waals surface area (Å²) < 4.78 is 32.7. The number of non-ortho nitro benzene ring substituents is 1. The van der Waals surface area contributed by atoms with Crippen LogP contribution in [0.3, 0.4) is 0 Å². The monoisotopic (exact) mass is 429 g/mol. The van der Waals surface area contributed by atoms with Gasteiger partial charge in [0, 0.05) is 35.5 Å². The predicted octanol–water partition coefficient (Wildman–Crippen LogP) is 3.54. The highest BCUT2D eigenvalue weighted by Crippen LogP contribution is 2.21. The number of sulfonamides is 1. The summed E-state index contributed by atoms with van der Waals surface area (Å²) in [6, 6.07) is 12.4. The molecular formula is C20H19N3O6S. The van der Waals surface area contributed by atoms with E-state index in [2.05, 4.69) is 10.0 Å². The lowest BCUT2D eigenvalue weighted by atomic mass is 10.2. The molecule has 2 N–H and O–H groups in total. The van der Waals surface area contributed by atoms with Crippen LogP contribution in [0.4, 0.5) is 11.4 Å². The van der Waals surface area contributed by atoms with Gasteiger partial charge < -0.3 is 9.73 Å². The average molecular weight is 429 g/mol. The van der Waals surface area contributed by atoms with Crippen LogP contribution in [0, 0.1) is 24.0 Å². The molecule has 0 aliphatic rings. The van der Waals surface area contributed by atoms with Crippen LogP contribution < -0.4 is 10.0 Å². The number of nitro groups is 1. The predicted molar refractivity (Wildman–Crippen MR) is 110 cm³/mol. The van der Waals surface area contributed by atoms with Gasteiger partial charge in [0.05, 0.1) is 9.82 Å². The van der Waals surface area contributed by atoms with E-state index in [1.165, 1.54) is 42.5 Å². The zero-order chi connectivity index (χ0) is 21.9. The van der Waals surface area contributed by atoms with E-state index in [4.69, 9.17) is 4.42 Å². The highest BCUT2D eigenvalue weighted by molar-refractivity contribution is 7.92. The van der Waals surface area contributed by atoms with E-state index in [0.29, 0.717) is 12.1 Å². The van der Waals surface area contributed by atoms with Crippen molar-refractivity contribution in [3.05, 3.63) is 87.4 Å². The quantitative estimate of drug-likeness (QED) is 0.436. The van der Waals surface area contributed by atoms with E-state index in [-0.39, 0.29) is 22.2 Å². The lowest BCUT2D eigenvalue weighted by Gasteiger charge is -2.09. The number of carbonyl (C=O) groups excluding carboxylic acids is 1. The van der Waals surface area contributed by atoms with Gasteiger partial charge >= 0.3 is 0 Å². The van der Waals surface area contributed by atoms with Gasteiger partial charge in [0.15, 0.2) is 0 Å². The number of anilines is 1. The molecule has 30 heavy (non-hydrogen) atoms. The maximum absolute atomic E-state index is 12.5. The van der Waals surface area contributed by atoms with Crippen molar-refractivity contribution in [3.63, 3.8) is 0 Å². The number of hydrogen-bond acceptors (Lipinski definition) is 6. The summed E-state index contributed by atoms with van der Waals surface area (Å²) in [6.07, 6.45) is 0. The first-order valence-corrected chi connectivity index (χ1v) is 10.4. The fourth-order valence-corrected chi connectivity index (χ4v) is 3.90. The molecule has 1 aromatic heterocycles. The summed E-state index contributed by atoms with van der Waals surface area (Å²) >= 11 is 0. The summed E-state index contributed by atoms with van der Waals surface area (Å²) in [7, 11) is -4.02. The molecule has 0 saturated heterocycles. The Bertz CT molecular complexity index is 1200. The van der Waals surface area contributed by atoms with Crippen molar-refractivity contribution in [2.75, 3.05) is 4.72 Å². The number of nitro benzene ring substituents is 1. The van der Waals surface area contributed by atoms with Crippen LogP contribution in [0.15, 0.2) is 63.9 Å². The molecule has 0 unspecified atom stereocenters. The molecule has 0 saturated carbocycles. The van der Waals surface area contributed by atoms with Crippen molar-refractivity contribution in [2.24, 2.45) is 0 Å². The summed E-state index contributed by atoms with van der Waals surface area (Å²) in [5.41, 5.74) is 1.13. The number of nitrogens with zero attached hydrogens (tertiary/aromatic N) is 1. The molecular weight excluding hydrogens is 410 g/mol. The number of furan rings is 1. The van der Waals surface area contributed by atoms with Crippen molar-refractivity contribution in [3.8, 4) is 0 Å². The largest absolute Gasteiger partial charge is 0.466 e. The van der Waals surface area contributed by atoms with Gasteiger partial charge in [0.25, 0.3) is 21.6 Å². The Balaban J connectivity index is 1.67. The Kier molecular flexibility index (Phi) is 5.88. The third kappa shape index (κ3) is 4.84. The summed E-state index contributed by atoms with van der Waals surface area (Å²) in [5.74, 6) is 1.18. The summed E-state index contributed by atoms with van der Waals surface area (Å²) in [4.78, 5) is 22.3. The van der Waals surface area contributed by atoms with Crippen molar-refractivity contribution in [2.45, 2.75) is 25.3 Å². The van der Waals surface area contributed by atoms with E-state index >= 15 is 0 Å². The van der Waals surface area contributed by atoms with E-state index < -0.39 is 14.9 Å². The number of aryl methyl sites for hydroxylation is 2. The minimum atomic E-state index is -4.02. The molecule has 1 heterocycles. The van der Waals surface area contributed by atoms with Crippen molar-refractivity contribution in [1.29, 1.82) is 0 Å². The molecule has 0 radical (unpaired) electrons. The standard InChI is InChI=1S/C20H19N3O6S/c1-13-10-16(14(2)29-13)12-21-20(24)15-6-8-17(9-7-15)22-30(27,28)19-5-3-4-18(11-19)23(25)26/h3-11,22H,12H2,1-2H3,(H,21,24). The molecule has 156 valence electrons. The summed E-state index contributed by atoms with van der Waals surface area (Å²) in [6.45, 7) is 3.95. The SMILES string of the molecule is Cc1cc(CNC(=O)c2ccc(NS(=O)(=O)c3cccc([N+](=O)[O-])c3)cc2)c(C)o1. The maximum atomic E-state index is 12.5. The van der Waals surface area contributed by atoms with Crippen LogP contribution >= 0.6 is 0 Å². The second kappa shape index (κ2) is 8.37. The third-order valence-corrected chi connectivity index (χ3v) is 5.70. The van der Waals surface area contributed by atoms with Crippen LogP contribution in [-0.4, -0.2) is 19.2 Å². The van der Waals surface area contributed by atoms with Crippen LogP contribution in [-0.2, 0) is 16.6 Å². The summed E-state index contributed by atoms with van der Waals surface area (Å²) in [5, 5.41) is 13.6. The number of carbonyl (C=O) groups is 1. The van der Waals surface area contributed by atoms with E-state index in [0.717, 1.165) is 23.2 Å². The van der Waals surface area contributed by atoms with Crippen LogP contribution in [0.2, 0.25) is 0 Å². The first kappa shape index (κ1) is 21.1.